The Labute approximate surface area is 63.8 Å². The predicted molar refractivity (Wildman–Crippen MR) is 47.2 cm³/mol. The first kappa shape index (κ1) is 10.7. The Kier molecular flexibility index (Phi) is 5.74. The molecule has 0 aliphatic rings. The van der Waals surface area contributed by atoms with Gasteiger partial charge in [0, 0.05) is 0 Å². The van der Waals surface area contributed by atoms with Crippen molar-refractivity contribution < 1.29 is 14.3 Å². The molecule has 64 valence electrons. The van der Waals surface area contributed by atoms with Crippen LogP contribution >= 0.6 is 17.2 Å². The van der Waals surface area contributed by atoms with E-state index in [1.165, 1.54) is 6.66 Å². The number of hydrogen-bond donors (Lipinski definition) is 3. The van der Waals surface area contributed by atoms with E-state index >= 15 is 0 Å². The standard InChI is InChI=1S/C4H15NO3P2/c1-10(6,7)8-3-2-5-4-9/h5-7,10H,2-4,9H2,1H3. The Bertz CT molecular complexity index is 85.1. The molecule has 0 radical (unpaired) electrons. The fourth-order valence-corrected chi connectivity index (χ4v) is 1.11. The molecule has 0 rings (SSSR count). The van der Waals surface area contributed by atoms with Crippen LogP contribution in [0.2, 0.25) is 0 Å². The maximum atomic E-state index is 8.76. The SMILES string of the molecule is C[PH](O)(O)OCCNCP. The van der Waals surface area contributed by atoms with E-state index in [0.717, 1.165) is 6.29 Å². The number of hydrogen-bond acceptors (Lipinski definition) is 4. The Morgan fingerprint density at radius 2 is 2.20 bits per heavy atom. The molecular formula is C4H15NO3P2. The Morgan fingerprint density at radius 1 is 1.60 bits per heavy atom. The van der Waals surface area contributed by atoms with Crippen LogP contribution in [0.15, 0.2) is 0 Å². The third kappa shape index (κ3) is 8.70. The van der Waals surface area contributed by atoms with Gasteiger partial charge < -0.3 is 0 Å². The maximum absolute atomic E-state index is 8.76. The van der Waals surface area contributed by atoms with Crippen LogP contribution in [0.1, 0.15) is 0 Å². The zero-order chi connectivity index (χ0) is 8.04. The fourth-order valence-electron chi connectivity index (χ4n) is 0.419. The van der Waals surface area contributed by atoms with Crippen molar-refractivity contribution in [3.05, 3.63) is 0 Å². The van der Waals surface area contributed by atoms with E-state index in [0.29, 0.717) is 13.2 Å². The van der Waals surface area contributed by atoms with Crippen molar-refractivity contribution in [1.29, 1.82) is 0 Å². The van der Waals surface area contributed by atoms with E-state index in [-0.39, 0.29) is 0 Å². The monoisotopic (exact) mass is 187 g/mol. The first-order valence-electron chi connectivity index (χ1n) is 3.06. The van der Waals surface area contributed by atoms with Gasteiger partial charge >= 0.3 is 62.9 Å². The van der Waals surface area contributed by atoms with Crippen LogP contribution in [0, 0.1) is 0 Å². The average molecular weight is 187 g/mol. The van der Waals surface area contributed by atoms with Gasteiger partial charge in [-0.2, -0.15) is 0 Å². The third-order valence-corrected chi connectivity index (χ3v) is 1.84. The molecular weight excluding hydrogens is 172 g/mol. The van der Waals surface area contributed by atoms with Crippen LogP contribution in [-0.4, -0.2) is 35.9 Å². The summed E-state index contributed by atoms with van der Waals surface area (Å²) >= 11 is 0. The quantitative estimate of drug-likeness (QED) is 0.402. The van der Waals surface area contributed by atoms with E-state index < -0.39 is 7.94 Å². The summed E-state index contributed by atoms with van der Waals surface area (Å²) in [4.78, 5) is 17.5. The van der Waals surface area contributed by atoms with Crippen LogP contribution in [-0.2, 0) is 4.52 Å². The van der Waals surface area contributed by atoms with Gasteiger partial charge in [-0.3, -0.25) is 0 Å². The van der Waals surface area contributed by atoms with Crippen LogP contribution in [0.5, 0.6) is 0 Å². The minimum absolute atomic E-state index is 0.351. The molecule has 0 aromatic rings. The van der Waals surface area contributed by atoms with E-state index in [2.05, 4.69) is 14.6 Å². The van der Waals surface area contributed by atoms with Crippen molar-refractivity contribution >= 4 is 17.2 Å². The second kappa shape index (κ2) is 5.36. The summed E-state index contributed by atoms with van der Waals surface area (Å²) in [6, 6.07) is 0. The molecule has 0 aliphatic carbocycles. The normalized spacial score (nSPS) is 13.6. The Hall–Kier alpha value is 0.700. The number of rotatable bonds is 5. The molecule has 10 heavy (non-hydrogen) atoms. The molecule has 0 aliphatic heterocycles. The molecule has 4 nitrogen and oxygen atoms in total. The van der Waals surface area contributed by atoms with E-state index in [1.54, 1.807) is 0 Å². The molecule has 0 amide bonds. The first-order chi connectivity index (χ1) is 4.56. The summed E-state index contributed by atoms with van der Waals surface area (Å²) in [5, 5.41) is 2.96. The Balaban J connectivity index is 3.04. The zero-order valence-electron chi connectivity index (χ0n) is 6.00. The second-order valence-corrected chi connectivity index (χ2v) is 4.55. The average Bonchev–Trinajstić information content (AvgIpc) is 1.78. The summed E-state index contributed by atoms with van der Waals surface area (Å²) in [7, 11) is -0.754. The van der Waals surface area contributed by atoms with Gasteiger partial charge in [0.2, 0.25) is 0 Å². The van der Waals surface area contributed by atoms with Crippen molar-refractivity contribution in [3.63, 3.8) is 0 Å². The topological polar surface area (TPSA) is 61.7 Å². The van der Waals surface area contributed by atoms with Crippen molar-refractivity contribution in [2.75, 3.05) is 26.1 Å². The van der Waals surface area contributed by atoms with E-state index in [4.69, 9.17) is 14.3 Å². The summed E-state index contributed by atoms with van der Waals surface area (Å²) in [6.07, 6.45) is 0.790. The van der Waals surface area contributed by atoms with Crippen molar-refractivity contribution in [1.82, 2.24) is 5.32 Å². The van der Waals surface area contributed by atoms with E-state index in [9.17, 15) is 0 Å². The second-order valence-electron chi connectivity index (χ2n) is 1.99. The summed E-state index contributed by atoms with van der Waals surface area (Å²) in [6.45, 7) is 2.31. The predicted octanol–water partition coefficient (Wildman–Crippen LogP) is -0.466. The molecule has 0 aromatic carbocycles. The molecule has 0 saturated heterocycles. The molecule has 0 aromatic heterocycles. The van der Waals surface area contributed by atoms with Crippen molar-refractivity contribution in [3.8, 4) is 0 Å². The van der Waals surface area contributed by atoms with Crippen molar-refractivity contribution in [2.24, 2.45) is 0 Å². The van der Waals surface area contributed by atoms with Gasteiger partial charge in [-0.25, -0.2) is 0 Å². The molecule has 1 unspecified atom stereocenters. The molecule has 0 saturated carbocycles. The molecule has 0 fully saturated rings. The van der Waals surface area contributed by atoms with Gasteiger partial charge in [-0.05, 0) is 0 Å². The first-order valence-corrected chi connectivity index (χ1v) is 6.17. The van der Waals surface area contributed by atoms with Crippen LogP contribution in [0.3, 0.4) is 0 Å². The van der Waals surface area contributed by atoms with Gasteiger partial charge in [0.1, 0.15) is 0 Å². The minimum atomic E-state index is -3.25. The van der Waals surface area contributed by atoms with Gasteiger partial charge in [0.25, 0.3) is 0 Å². The van der Waals surface area contributed by atoms with Gasteiger partial charge in [0.15, 0.2) is 0 Å². The molecule has 3 N–H and O–H groups in total. The number of nitrogens with one attached hydrogen (secondary N) is 1. The zero-order valence-corrected chi connectivity index (χ0v) is 8.16. The van der Waals surface area contributed by atoms with Crippen LogP contribution in [0.25, 0.3) is 0 Å². The van der Waals surface area contributed by atoms with Gasteiger partial charge in [0.05, 0.1) is 0 Å². The van der Waals surface area contributed by atoms with Crippen LogP contribution in [0.4, 0.5) is 0 Å². The van der Waals surface area contributed by atoms with Crippen LogP contribution < -0.4 is 5.32 Å². The van der Waals surface area contributed by atoms with Gasteiger partial charge in [-0.1, -0.05) is 0 Å². The Morgan fingerprint density at radius 3 is 2.60 bits per heavy atom. The summed E-state index contributed by atoms with van der Waals surface area (Å²) < 4.78 is 4.71. The fraction of sp³-hybridized carbons (Fsp3) is 1.00. The summed E-state index contributed by atoms with van der Waals surface area (Å²) in [5.74, 6) is 0. The molecule has 0 spiro atoms. The van der Waals surface area contributed by atoms with Gasteiger partial charge in [-0.15, -0.1) is 0 Å². The molecule has 1 atom stereocenters. The molecule has 6 heteroatoms. The van der Waals surface area contributed by atoms with Crippen molar-refractivity contribution in [2.45, 2.75) is 0 Å². The van der Waals surface area contributed by atoms with E-state index in [1.807, 2.05) is 0 Å². The molecule has 0 heterocycles. The summed E-state index contributed by atoms with van der Waals surface area (Å²) in [5.41, 5.74) is 0. The third-order valence-electron chi connectivity index (χ3n) is 0.799. The molecule has 0 bridgehead atoms.